The van der Waals surface area contributed by atoms with Gasteiger partial charge in [-0.05, 0) is 36.8 Å². The second-order valence-electron chi connectivity index (χ2n) is 3.67. The van der Waals surface area contributed by atoms with Crippen LogP contribution in [0.15, 0.2) is 36.5 Å². The molecule has 0 saturated carbocycles. The Morgan fingerprint density at radius 3 is 2.59 bits per heavy atom. The first-order valence-electron chi connectivity index (χ1n) is 5.00. The molecule has 0 aliphatic heterocycles. The fourth-order valence-corrected chi connectivity index (χ4v) is 1.47. The van der Waals surface area contributed by atoms with Crippen LogP contribution in [0.25, 0.3) is 0 Å². The highest BCUT2D eigenvalue weighted by molar-refractivity contribution is 6.07. The maximum Gasteiger partial charge on any atom is 0.214 e. The molecule has 0 atom stereocenters. The lowest BCUT2D eigenvalue weighted by Crippen LogP contribution is -2.07. The molecule has 0 bridgehead atoms. The summed E-state index contributed by atoms with van der Waals surface area (Å²) in [6, 6.07) is 6.15. The zero-order valence-corrected chi connectivity index (χ0v) is 9.08. The number of hydrogen-bond donors (Lipinski definition) is 0. The first-order chi connectivity index (χ1) is 8.08. The van der Waals surface area contributed by atoms with Crippen molar-refractivity contribution in [2.75, 3.05) is 0 Å². The average molecular weight is 233 g/mol. The maximum atomic E-state index is 13.4. The van der Waals surface area contributed by atoms with E-state index in [1.165, 1.54) is 6.20 Å². The second kappa shape index (κ2) is 4.41. The molecule has 1 aromatic carbocycles. The summed E-state index contributed by atoms with van der Waals surface area (Å²) in [5.41, 5.74) is 0.825. The Balaban J connectivity index is 2.44. The SMILES string of the molecule is Cc1ccnc(C(=O)c2ccc(F)cc2F)c1. The Hall–Kier alpha value is -2.10. The molecular formula is C13H9F2NO. The Bertz CT molecular complexity index is 581. The normalized spacial score (nSPS) is 10.3. The zero-order chi connectivity index (χ0) is 12.4. The number of pyridine rings is 1. The number of carbonyl (C=O) groups excluding carboxylic acids is 1. The van der Waals surface area contributed by atoms with Gasteiger partial charge < -0.3 is 0 Å². The van der Waals surface area contributed by atoms with Crippen LogP contribution in [0.3, 0.4) is 0 Å². The number of rotatable bonds is 2. The minimum atomic E-state index is -0.877. The van der Waals surface area contributed by atoms with E-state index in [0.717, 1.165) is 17.7 Å². The van der Waals surface area contributed by atoms with Crippen LogP contribution in [0.1, 0.15) is 21.6 Å². The summed E-state index contributed by atoms with van der Waals surface area (Å²) in [4.78, 5) is 15.8. The van der Waals surface area contributed by atoms with Gasteiger partial charge in [0, 0.05) is 12.3 Å². The van der Waals surface area contributed by atoms with Crippen LogP contribution in [0.2, 0.25) is 0 Å². The molecule has 1 heterocycles. The van der Waals surface area contributed by atoms with Gasteiger partial charge in [0.05, 0.1) is 5.56 Å². The van der Waals surface area contributed by atoms with Gasteiger partial charge in [-0.2, -0.15) is 0 Å². The molecular weight excluding hydrogens is 224 g/mol. The quantitative estimate of drug-likeness (QED) is 0.746. The molecule has 2 nitrogen and oxygen atoms in total. The number of carbonyl (C=O) groups is 1. The van der Waals surface area contributed by atoms with E-state index in [1.54, 1.807) is 19.1 Å². The van der Waals surface area contributed by atoms with E-state index in [-0.39, 0.29) is 11.3 Å². The zero-order valence-electron chi connectivity index (χ0n) is 9.08. The van der Waals surface area contributed by atoms with Crippen LogP contribution in [0.4, 0.5) is 8.78 Å². The van der Waals surface area contributed by atoms with Crippen molar-refractivity contribution in [3.05, 3.63) is 65.0 Å². The van der Waals surface area contributed by atoms with E-state index in [2.05, 4.69) is 4.98 Å². The molecule has 0 spiro atoms. The molecule has 0 radical (unpaired) electrons. The first kappa shape index (κ1) is 11.4. The summed E-state index contributed by atoms with van der Waals surface area (Å²) in [5.74, 6) is -2.14. The lowest BCUT2D eigenvalue weighted by molar-refractivity contribution is 0.103. The molecule has 0 unspecified atom stereocenters. The number of aryl methyl sites for hydroxylation is 1. The highest BCUT2D eigenvalue weighted by Crippen LogP contribution is 2.14. The number of hydrogen-bond acceptors (Lipinski definition) is 2. The largest absolute Gasteiger partial charge is 0.287 e. The van der Waals surface area contributed by atoms with E-state index in [1.807, 2.05) is 0 Å². The number of aromatic nitrogens is 1. The molecule has 4 heteroatoms. The topological polar surface area (TPSA) is 30.0 Å². The third-order valence-electron chi connectivity index (χ3n) is 2.32. The summed E-state index contributed by atoms with van der Waals surface area (Å²) in [5, 5.41) is 0. The third-order valence-corrected chi connectivity index (χ3v) is 2.32. The Kier molecular flexibility index (Phi) is 2.95. The van der Waals surface area contributed by atoms with Gasteiger partial charge >= 0.3 is 0 Å². The Morgan fingerprint density at radius 1 is 1.18 bits per heavy atom. The lowest BCUT2D eigenvalue weighted by Gasteiger charge is -2.02. The number of nitrogens with zero attached hydrogens (tertiary/aromatic N) is 1. The van der Waals surface area contributed by atoms with Gasteiger partial charge in [-0.25, -0.2) is 8.78 Å². The summed E-state index contributed by atoms with van der Waals surface area (Å²) < 4.78 is 26.1. The summed E-state index contributed by atoms with van der Waals surface area (Å²) in [6.45, 7) is 1.81. The van der Waals surface area contributed by atoms with Gasteiger partial charge in [-0.3, -0.25) is 9.78 Å². The van der Waals surface area contributed by atoms with Crippen molar-refractivity contribution in [2.45, 2.75) is 6.92 Å². The minimum absolute atomic E-state index is 0.149. The van der Waals surface area contributed by atoms with Crippen molar-refractivity contribution in [1.29, 1.82) is 0 Å². The van der Waals surface area contributed by atoms with Crippen LogP contribution >= 0.6 is 0 Å². The predicted molar refractivity (Wildman–Crippen MR) is 58.8 cm³/mol. The number of ketones is 1. The van der Waals surface area contributed by atoms with Crippen molar-refractivity contribution >= 4 is 5.78 Å². The van der Waals surface area contributed by atoms with Crippen LogP contribution in [0, 0.1) is 18.6 Å². The molecule has 0 aliphatic carbocycles. The molecule has 0 aliphatic rings. The van der Waals surface area contributed by atoms with E-state index in [9.17, 15) is 13.6 Å². The molecule has 2 aromatic rings. The monoisotopic (exact) mass is 233 g/mol. The Labute approximate surface area is 96.9 Å². The second-order valence-corrected chi connectivity index (χ2v) is 3.67. The van der Waals surface area contributed by atoms with E-state index in [0.29, 0.717) is 6.07 Å². The maximum absolute atomic E-state index is 13.4. The van der Waals surface area contributed by atoms with Gasteiger partial charge in [-0.15, -0.1) is 0 Å². The third kappa shape index (κ3) is 2.36. The average Bonchev–Trinajstić information content (AvgIpc) is 2.28. The molecule has 2 rings (SSSR count). The molecule has 0 fully saturated rings. The van der Waals surface area contributed by atoms with Crippen LogP contribution in [0.5, 0.6) is 0 Å². The molecule has 17 heavy (non-hydrogen) atoms. The van der Waals surface area contributed by atoms with Gasteiger partial charge in [-0.1, -0.05) is 0 Å². The molecule has 0 saturated heterocycles. The molecule has 0 amide bonds. The van der Waals surface area contributed by atoms with Gasteiger partial charge in [0.2, 0.25) is 5.78 Å². The molecule has 1 aromatic heterocycles. The van der Waals surface area contributed by atoms with Crippen molar-refractivity contribution in [3.8, 4) is 0 Å². The highest BCUT2D eigenvalue weighted by atomic mass is 19.1. The van der Waals surface area contributed by atoms with Crippen LogP contribution in [-0.4, -0.2) is 10.8 Å². The van der Waals surface area contributed by atoms with Crippen LogP contribution < -0.4 is 0 Å². The standard InChI is InChI=1S/C13H9F2NO/c1-8-4-5-16-12(6-8)13(17)10-3-2-9(14)7-11(10)15/h2-7H,1H3. The van der Waals surface area contributed by atoms with Crippen molar-refractivity contribution in [3.63, 3.8) is 0 Å². The van der Waals surface area contributed by atoms with Crippen LogP contribution in [-0.2, 0) is 0 Å². The number of benzene rings is 1. The lowest BCUT2D eigenvalue weighted by atomic mass is 10.1. The Morgan fingerprint density at radius 2 is 1.94 bits per heavy atom. The fraction of sp³-hybridized carbons (Fsp3) is 0.0769. The van der Waals surface area contributed by atoms with Gasteiger partial charge in [0.15, 0.2) is 0 Å². The molecule has 0 N–H and O–H groups in total. The van der Waals surface area contributed by atoms with Crippen molar-refractivity contribution in [2.24, 2.45) is 0 Å². The summed E-state index contributed by atoms with van der Waals surface area (Å²) >= 11 is 0. The van der Waals surface area contributed by atoms with E-state index >= 15 is 0 Å². The van der Waals surface area contributed by atoms with Gasteiger partial charge in [0.1, 0.15) is 17.3 Å². The highest BCUT2D eigenvalue weighted by Gasteiger charge is 2.15. The fourth-order valence-electron chi connectivity index (χ4n) is 1.47. The van der Waals surface area contributed by atoms with E-state index in [4.69, 9.17) is 0 Å². The summed E-state index contributed by atoms with van der Waals surface area (Å²) in [7, 11) is 0. The first-order valence-corrected chi connectivity index (χ1v) is 5.00. The molecule has 86 valence electrons. The van der Waals surface area contributed by atoms with Gasteiger partial charge in [0.25, 0.3) is 0 Å². The van der Waals surface area contributed by atoms with Crippen molar-refractivity contribution < 1.29 is 13.6 Å². The minimum Gasteiger partial charge on any atom is -0.287 e. The van der Waals surface area contributed by atoms with E-state index < -0.39 is 17.4 Å². The smallest absolute Gasteiger partial charge is 0.214 e. The number of halogens is 2. The predicted octanol–water partition coefficient (Wildman–Crippen LogP) is 2.90. The van der Waals surface area contributed by atoms with Crippen molar-refractivity contribution in [1.82, 2.24) is 4.98 Å². The summed E-state index contributed by atoms with van der Waals surface area (Å²) in [6.07, 6.45) is 1.48.